The van der Waals surface area contributed by atoms with E-state index in [0.29, 0.717) is 0 Å². The fourth-order valence-electron chi connectivity index (χ4n) is 1.54. The molecule has 0 aliphatic rings. The van der Waals surface area contributed by atoms with Gasteiger partial charge < -0.3 is 4.52 Å². The molecule has 2 heteroatoms. The van der Waals surface area contributed by atoms with Gasteiger partial charge in [-0.25, -0.2) is 0 Å². The predicted octanol–water partition coefficient (Wildman–Crippen LogP) is 3.28. The van der Waals surface area contributed by atoms with Crippen molar-refractivity contribution in [2.24, 2.45) is 0 Å². The minimum Gasteiger partial charge on any atom is -0.361 e. The highest BCUT2D eigenvalue weighted by Crippen LogP contribution is 2.17. The lowest BCUT2D eigenvalue weighted by Crippen LogP contribution is -1.91. The minimum atomic E-state index is 1.05. The molecular weight excluding hydrogens is 162 g/mol. The van der Waals surface area contributed by atoms with E-state index >= 15 is 0 Å². The van der Waals surface area contributed by atoms with Crippen LogP contribution in [0.15, 0.2) is 4.52 Å². The van der Waals surface area contributed by atoms with Gasteiger partial charge in [-0.2, -0.15) is 0 Å². The predicted molar refractivity (Wildman–Crippen MR) is 53.8 cm³/mol. The molecule has 0 bridgehead atoms. The van der Waals surface area contributed by atoms with Crippen LogP contribution in [0.5, 0.6) is 0 Å². The van der Waals surface area contributed by atoms with E-state index in [9.17, 15) is 0 Å². The fraction of sp³-hybridized carbons (Fsp3) is 0.727. The van der Waals surface area contributed by atoms with E-state index in [-0.39, 0.29) is 0 Å². The molecule has 0 aliphatic heterocycles. The third-order valence-corrected chi connectivity index (χ3v) is 2.32. The van der Waals surface area contributed by atoms with Crippen LogP contribution in [0.1, 0.15) is 50.1 Å². The Hall–Kier alpha value is -0.790. The zero-order valence-corrected chi connectivity index (χ0v) is 8.89. The molecule has 1 aromatic rings. The normalized spacial score (nSPS) is 10.7. The Kier molecular flexibility index (Phi) is 4.00. The first-order valence-electron chi connectivity index (χ1n) is 5.23. The summed E-state index contributed by atoms with van der Waals surface area (Å²) in [6.45, 7) is 6.42. The van der Waals surface area contributed by atoms with Crippen molar-refractivity contribution in [3.63, 3.8) is 0 Å². The van der Waals surface area contributed by atoms with Gasteiger partial charge in [0.25, 0.3) is 0 Å². The summed E-state index contributed by atoms with van der Waals surface area (Å²) in [6.07, 6.45) is 5.74. The zero-order valence-electron chi connectivity index (χ0n) is 8.89. The van der Waals surface area contributed by atoms with Gasteiger partial charge in [0.15, 0.2) is 0 Å². The first kappa shape index (κ1) is 10.3. The van der Waals surface area contributed by atoms with Crippen LogP contribution in [-0.2, 0) is 12.8 Å². The smallest absolute Gasteiger partial charge is 0.140 e. The number of aryl methyl sites for hydroxylation is 2. The van der Waals surface area contributed by atoms with E-state index in [1.54, 1.807) is 0 Å². The molecule has 2 nitrogen and oxygen atoms in total. The lowest BCUT2D eigenvalue weighted by atomic mass is 10.1. The van der Waals surface area contributed by atoms with Crippen molar-refractivity contribution in [3.8, 4) is 0 Å². The second-order valence-electron chi connectivity index (χ2n) is 3.52. The molecule has 74 valence electrons. The molecule has 0 saturated carbocycles. The van der Waals surface area contributed by atoms with Crippen LogP contribution >= 0.6 is 0 Å². The Labute approximate surface area is 80.3 Å². The van der Waals surface area contributed by atoms with Crippen molar-refractivity contribution in [1.29, 1.82) is 0 Å². The summed E-state index contributed by atoms with van der Waals surface area (Å²) in [5.74, 6) is 1.11. The summed E-state index contributed by atoms with van der Waals surface area (Å²) in [4.78, 5) is 0. The Balaban J connectivity index is 2.68. The van der Waals surface area contributed by atoms with Crippen molar-refractivity contribution in [2.75, 3.05) is 0 Å². The Morgan fingerprint density at radius 1 is 1.15 bits per heavy atom. The quantitative estimate of drug-likeness (QED) is 0.696. The van der Waals surface area contributed by atoms with Crippen molar-refractivity contribution < 1.29 is 4.52 Å². The van der Waals surface area contributed by atoms with Crippen molar-refractivity contribution in [2.45, 2.75) is 52.9 Å². The molecule has 0 unspecified atom stereocenters. The van der Waals surface area contributed by atoms with E-state index in [1.807, 2.05) is 6.92 Å². The zero-order chi connectivity index (χ0) is 9.68. The van der Waals surface area contributed by atoms with Crippen molar-refractivity contribution in [1.82, 2.24) is 5.16 Å². The Morgan fingerprint density at radius 2 is 1.92 bits per heavy atom. The average molecular weight is 181 g/mol. The molecule has 0 aromatic carbocycles. The van der Waals surface area contributed by atoms with Crippen LogP contribution in [0.25, 0.3) is 0 Å². The second-order valence-corrected chi connectivity index (χ2v) is 3.52. The first-order chi connectivity index (χ1) is 6.29. The van der Waals surface area contributed by atoms with Gasteiger partial charge in [0.1, 0.15) is 5.76 Å². The summed E-state index contributed by atoms with van der Waals surface area (Å²) >= 11 is 0. The van der Waals surface area contributed by atoms with Gasteiger partial charge in [-0.1, -0.05) is 31.8 Å². The number of unbranched alkanes of at least 4 members (excludes halogenated alkanes) is 1. The van der Waals surface area contributed by atoms with E-state index in [1.165, 1.54) is 24.8 Å². The summed E-state index contributed by atoms with van der Waals surface area (Å²) in [6, 6.07) is 0. The van der Waals surface area contributed by atoms with Gasteiger partial charge >= 0.3 is 0 Å². The standard InChI is InChI=1S/C11H19NO/c1-4-6-8-11-10(7-5-2)9(3)12-13-11/h4-8H2,1-3H3. The summed E-state index contributed by atoms with van der Waals surface area (Å²) in [5.41, 5.74) is 2.42. The van der Waals surface area contributed by atoms with Gasteiger partial charge in [-0.15, -0.1) is 0 Å². The molecule has 0 saturated heterocycles. The summed E-state index contributed by atoms with van der Waals surface area (Å²) in [7, 11) is 0. The van der Waals surface area contributed by atoms with Crippen LogP contribution in [0.4, 0.5) is 0 Å². The van der Waals surface area contributed by atoms with Gasteiger partial charge in [-0.3, -0.25) is 0 Å². The van der Waals surface area contributed by atoms with Crippen LogP contribution < -0.4 is 0 Å². The maximum Gasteiger partial charge on any atom is 0.140 e. The van der Waals surface area contributed by atoms with Crippen molar-refractivity contribution >= 4 is 0 Å². The molecule has 0 amide bonds. The highest BCUT2D eigenvalue weighted by molar-refractivity contribution is 5.22. The van der Waals surface area contributed by atoms with Gasteiger partial charge in [0.2, 0.25) is 0 Å². The highest BCUT2D eigenvalue weighted by atomic mass is 16.5. The largest absolute Gasteiger partial charge is 0.361 e. The minimum absolute atomic E-state index is 1.05. The van der Waals surface area contributed by atoms with Gasteiger partial charge in [0, 0.05) is 12.0 Å². The van der Waals surface area contributed by atoms with E-state index < -0.39 is 0 Å². The van der Waals surface area contributed by atoms with Crippen molar-refractivity contribution in [3.05, 3.63) is 17.0 Å². The first-order valence-corrected chi connectivity index (χ1v) is 5.23. The number of aromatic nitrogens is 1. The topological polar surface area (TPSA) is 26.0 Å². The molecule has 0 fully saturated rings. The molecule has 0 aliphatic carbocycles. The second kappa shape index (κ2) is 5.05. The summed E-state index contributed by atoms with van der Waals surface area (Å²) in [5, 5.41) is 4.01. The summed E-state index contributed by atoms with van der Waals surface area (Å²) < 4.78 is 5.30. The molecule has 0 atom stereocenters. The molecule has 0 spiro atoms. The molecule has 0 N–H and O–H groups in total. The van der Waals surface area contributed by atoms with Crippen LogP contribution in [0, 0.1) is 6.92 Å². The average Bonchev–Trinajstić information content (AvgIpc) is 2.46. The Morgan fingerprint density at radius 3 is 2.54 bits per heavy atom. The van der Waals surface area contributed by atoms with E-state index in [2.05, 4.69) is 19.0 Å². The number of hydrogen-bond donors (Lipinski definition) is 0. The monoisotopic (exact) mass is 181 g/mol. The number of nitrogens with zero attached hydrogens (tertiary/aromatic N) is 1. The molecule has 1 heterocycles. The lowest BCUT2D eigenvalue weighted by molar-refractivity contribution is 0.375. The molecular formula is C11H19NO. The molecule has 1 rings (SSSR count). The molecule has 13 heavy (non-hydrogen) atoms. The molecule has 0 radical (unpaired) electrons. The molecule has 1 aromatic heterocycles. The fourth-order valence-corrected chi connectivity index (χ4v) is 1.54. The van der Waals surface area contributed by atoms with E-state index in [4.69, 9.17) is 4.52 Å². The van der Waals surface area contributed by atoms with Crippen LogP contribution in [-0.4, -0.2) is 5.16 Å². The van der Waals surface area contributed by atoms with Gasteiger partial charge in [-0.05, 0) is 19.8 Å². The highest BCUT2D eigenvalue weighted by Gasteiger charge is 2.10. The number of rotatable bonds is 5. The SMILES string of the molecule is CCCCc1onc(C)c1CCC. The number of hydrogen-bond acceptors (Lipinski definition) is 2. The van der Waals surface area contributed by atoms with Crippen LogP contribution in [0.2, 0.25) is 0 Å². The van der Waals surface area contributed by atoms with E-state index in [0.717, 1.165) is 24.3 Å². The van der Waals surface area contributed by atoms with Crippen LogP contribution in [0.3, 0.4) is 0 Å². The lowest BCUT2D eigenvalue weighted by Gasteiger charge is -1.98. The third-order valence-electron chi connectivity index (χ3n) is 2.32. The maximum atomic E-state index is 5.30. The van der Waals surface area contributed by atoms with Gasteiger partial charge in [0.05, 0.1) is 5.69 Å². The Bertz CT molecular complexity index is 253. The maximum absolute atomic E-state index is 5.30. The third kappa shape index (κ3) is 2.58.